The lowest BCUT2D eigenvalue weighted by atomic mass is 9.93. The standard InChI is InChI=1S/C24H27N3O/c1-26(2)17-18-10-12-19(13-11-18)23-9-5-6-16-27(23)24(28)21-14-15-25-22-8-4-3-7-20(21)22/h3-4,7-8,10-15,23H,5-6,9,16-17H2,1-2H3/t23-/m1/s1. The maximum absolute atomic E-state index is 13.5. The number of carbonyl (C=O) groups is 1. The summed E-state index contributed by atoms with van der Waals surface area (Å²) in [6.07, 6.45) is 4.97. The first-order valence-electron chi connectivity index (χ1n) is 10.0. The summed E-state index contributed by atoms with van der Waals surface area (Å²) in [4.78, 5) is 22.1. The molecule has 0 spiro atoms. The van der Waals surface area contributed by atoms with Crippen LogP contribution in [0, 0.1) is 0 Å². The number of benzene rings is 2. The number of aromatic nitrogens is 1. The molecular formula is C24H27N3O. The van der Waals surface area contributed by atoms with Gasteiger partial charge in [-0.05, 0) is 56.6 Å². The van der Waals surface area contributed by atoms with Crippen LogP contribution in [-0.4, -0.2) is 41.3 Å². The molecule has 0 radical (unpaired) electrons. The Morgan fingerprint density at radius 1 is 1.07 bits per heavy atom. The fourth-order valence-electron chi connectivity index (χ4n) is 4.17. The molecule has 4 nitrogen and oxygen atoms in total. The number of amides is 1. The molecule has 144 valence electrons. The van der Waals surface area contributed by atoms with E-state index in [1.165, 1.54) is 11.1 Å². The van der Waals surface area contributed by atoms with Gasteiger partial charge in [-0.1, -0.05) is 42.5 Å². The number of piperidine rings is 1. The number of pyridine rings is 1. The van der Waals surface area contributed by atoms with Crippen molar-refractivity contribution in [1.29, 1.82) is 0 Å². The lowest BCUT2D eigenvalue weighted by Crippen LogP contribution is -2.38. The molecule has 2 aromatic carbocycles. The van der Waals surface area contributed by atoms with Crippen LogP contribution in [0.2, 0.25) is 0 Å². The zero-order chi connectivity index (χ0) is 19.5. The van der Waals surface area contributed by atoms with E-state index >= 15 is 0 Å². The molecule has 1 atom stereocenters. The predicted octanol–water partition coefficient (Wildman–Crippen LogP) is 4.66. The van der Waals surface area contributed by atoms with Gasteiger partial charge in [0, 0.05) is 24.7 Å². The quantitative estimate of drug-likeness (QED) is 0.667. The second-order valence-electron chi connectivity index (χ2n) is 7.87. The highest BCUT2D eigenvalue weighted by molar-refractivity contribution is 6.06. The van der Waals surface area contributed by atoms with Gasteiger partial charge in [0.25, 0.3) is 5.91 Å². The topological polar surface area (TPSA) is 36.4 Å². The first-order valence-corrected chi connectivity index (χ1v) is 10.0. The molecular weight excluding hydrogens is 346 g/mol. The maximum atomic E-state index is 13.5. The molecule has 0 unspecified atom stereocenters. The van der Waals surface area contributed by atoms with Crippen LogP contribution in [0.4, 0.5) is 0 Å². The second kappa shape index (κ2) is 8.11. The average molecular weight is 374 g/mol. The molecule has 1 amide bonds. The van der Waals surface area contributed by atoms with Crippen molar-refractivity contribution in [3.05, 3.63) is 77.5 Å². The van der Waals surface area contributed by atoms with Crippen LogP contribution in [0.3, 0.4) is 0 Å². The predicted molar refractivity (Wildman–Crippen MR) is 113 cm³/mol. The van der Waals surface area contributed by atoms with E-state index in [4.69, 9.17) is 0 Å². The molecule has 1 aliphatic heterocycles. The zero-order valence-electron chi connectivity index (χ0n) is 16.6. The molecule has 2 heterocycles. The van der Waals surface area contributed by atoms with E-state index in [2.05, 4.69) is 53.1 Å². The Hall–Kier alpha value is -2.72. The second-order valence-corrected chi connectivity index (χ2v) is 7.87. The van der Waals surface area contributed by atoms with Gasteiger partial charge in [0.1, 0.15) is 0 Å². The Morgan fingerprint density at radius 3 is 2.64 bits per heavy atom. The van der Waals surface area contributed by atoms with Gasteiger partial charge in [0.15, 0.2) is 0 Å². The number of para-hydroxylation sites is 1. The van der Waals surface area contributed by atoms with Crippen molar-refractivity contribution in [1.82, 2.24) is 14.8 Å². The number of carbonyl (C=O) groups excluding carboxylic acids is 1. The van der Waals surface area contributed by atoms with Crippen LogP contribution >= 0.6 is 0 Å². The molecule has 28 heavy (non-hydrogen) atoms. The smallest absolute Gasteiger partial charge is 0.255 e. The Kier molecular flexibility index (Phi) is 5.40. The molecule has 0 saturated carbocycles. The Bertz CT molecular complexity index is 960. The van der Waals surface area contributed by atoms with E-state index in [1.54, 1.807) is 6.20 Å². The number of nitrogens with zero attached hydrogens (tertiary/aromatic N) is 3. The summed E-state index contributed by atoms with van der Waals surface area (Å²) >= 11 is 0. The largest absolute Gasteiger partial charge is 0.332 e. The van der Waals surface area contributed by atoms with Crippen LogP contribution in [0.15, 0.2) is 60.8 Å². The highest BCUT2D eigenvalue weighted by atomic mass is 16.2. The number of rotatable bonds is 4. The number of hydrogen-bond donors (Lipinski definition) is 0. The van der Waals surface area contributed by atoms with Crippen LogP contribution in [-0.2, 0) is 6.54 Å². The van der Waals surface area contributed by atoms with E-state index in [1.807, 2.05) is 30.3 Å². The van der Waals surface area contributed by atoms with Crippen molar-refractivity contribution in [3.63, 3.8) is 0 Å². The molecule has 4 rings (SSSR count). The summed E-state index contributed by atoms with van der Waals surface area (Å²) in [5.41, 5.74) is 4.15. The van der Waals surface area contributed by atoms with Gasteiger partial charge < -0.3 is 9.80 Å². The molecule has 1 saturated heterocycles. The summed E-state index contributed by atoms with van der Waals surface area (Å²) in [5, 5.41) is 0.931. The summed E-state index contributed by atoms with van der Waals surface area (Å²) in [7, 11) is 4.16. The van der Waals surface area contributed by atoms with Gasteiger partial charge in [-0.15, -0.1) is 0 Å². The molecule has 0 N–H and O–H groups in total. The minimum Gasteiger partial charge on any atom is -0.332 e. The molecule has 1 fully saturated rings. The van der Waals surface area contributed by atoms with E-state index in [9.17, 15) is 4.79 Å². The Morgan fingerprint density at radius 2 is 1.86 bits per heavy atom. The number of hydrogen-bond acceptors (Lipinski definition) is 3. The van der Waals surface area contributed by atoms with Gasteiger partial charge in [-0.2, -0.15) is 0 Å². The van der Waals surface area contributed by atoms with Crippen LogP contribution in [0.5, 0.6) is 0 Å². The van der Waals surface area contributed by atoms with Crippen molar-refractivity contribution < 1.29 is 4.79 Å². The molecule has 3 aromatic rings. The highest BCUT2D eigenvalue weighted by Crippen LogP contribution is 2.33. The van der Waals surface area contributed by atoms with Gasteiger partial charge in [-0.3, -0.25) is 9.78 Å². The minimum atomic E-state index is 0.112. The lowest BCUT2D eigenvalue weighted by Gasteiger charge is -2.36. The number of likely N-dealkylation sites (tertiary alicyclic amines) is 1. The first kappa shape index (κ1) is 18.6. The molecule has 0 bridgehead atoms. The van der Waals surface area contributed by atoms with Crippen LogP contribution in [0.1, 0.15) is 46.8 Å². The highest BCUT2D eigenvalue weighted by Gasteiger charge is 2.29. The van der Waals surface area contributed by atoms with Gasteiger partial charge in [0.2, 0.25) is 0 Å². The molecule has 0 aliphatic carbocycles. The minimum absolute atomic E-state index is 0.112. The monoisotopic (exact) mass is 373 g/mol. The molecule has 1 aliphatic rings. The zero-order valence-corrected chi connectivity index (χ0v) is 16.6. The van der Waals surface area contributed by atoms with Crippen molar-refractivity contribution in [3.8, 4) is 0 Å². The normalized spacial score (nSPS) is 17.2. The Labute approximate surface area is 166 Å². The van der Waals surface area contributed by atoms with Crippen LogP contribution in [0.25, 0.3) is 10.9 Å². The van der Waals surface area contributed by atoms with Crippen molar-refractivity contribution in [2.45, 2.75) is 31.8 Å². The summed E-state index contributed by atoms with van der Waals surface area (Å²) < 4.78 is 0. The van der Waals surface area contributed by atoms with Crippen molar-refractivity contribution in [2.75, 3.05) is 20.6 Å². The average Bonchev–Trinajstić information content (AvgIpc) is 2.73. The summed E-state index contributed by atoms with van der Waals surface area (Å²) in [6.45, 7) is 1.73. The van der Waals surface area contributed by atoms with Gasteiger partial charge in [0.05, 0.1) is 17.1 Å². The van der Waals surface area contributed by atoms with Crippen LogP contribution < -0.4 is 0 Å². The first-order chi connectivity index (χ1) is 13.6. The van der Waals surface area contributed by atoms with Crippen molar-refractivity contribution in [2.24, 2.45) is 0 Å². The van der Waals surface area contributed by atoms with E-state index in [-0.39, 0.29) is 11.9 Å². The lowest BCUT2D eigenvalue weighted by molar-refractivity contribution is 0.0613. The third-order valence-electron chi connectivity index (χ3n) is 5.51. The summed E-state index contributed by atoms with van der Waals surface area (Å²) in [6, 6.07) is 18.6. The third kappa shape index (κ3) is 3.78. The maximum Gasteiger partial charge on any atom is 0.255 e. The third-order valence-corrected chi connectivity index (χ3v) is 5.51. The van der Waals surface area contributed by atoms with E-state index in [0.717, 1.165) is 48.8 Å². The molecule has 1 aromatic heterocycles. The fraction of sp³-hybridized carbons (Fsp3) is 0.333. The summed E-state index contributed by atoms with van der Waals surface area (Å²) in [5.74, 6) is 0.112. The number of fused-ring (bicyclic) bond motifs is 1. The Balaban J connectivity index is 1.64. The fourth-order valence-corrected chi connectivity index (χ4v) is 4.17. The van der Waals surface area contributed by atoms with E-state index in [0.29, 0.717) is 0 Å². The van der Waals surface area contributed by atoms with E-state index < -0.39 is 0 Å². The van der Waals surface area contributed by atoms with Gasteiger partial charge in [-0.25, -0.2) is 0 Å². The van der Waals surface area contributed by atoms with Crippen molar-refractivity contribution >= 4 is 16.8 Å². The SMILES string of the molecule is CN(C)Cc1ccc([C@H]2CCCCN2C(=O)c2ccnc3ccccc23)cc1. The molecule has 4 heteroatoms. The van der Waals surface area contributed by atoms with Gasteiger partial charge >= 0.3 is 0 Å².